The highest BCUT2D eigenvalue weighted by atomic mass is 35.5. The van der Waals surface area contributed by atoms with Crippen molar-refractivity contribution in [3.8, 4) is 5.75 Å². The Morgan fingerprint density at radius 1 is 1.25 bits per heavy atom. The van der Waals surface area contributed by atoms with Crippen LogP contribution in [0, 0.1) is 5.92 Å². The van der Waals surface area contributed by atoms with E-state index in [1.165, 1.54) is 5.56 Å². The minimum absolute atomic E-state index is 0.552. The smallest absolute Gasteiger partial charge is 0.120 e. The molecular weight excluding hydrogens is 224 g/mol. The lowest BCUT2D eigenvalue weighted by Gasteiger charge is -2.10. The molecule has 0 spiro atoms. The third-order valence-corrected chi connectivity index (χ3v) is 2.56. The molecule has 0 N–H and O–H groups in total. The Hall–Kier alpha value is -0.730. The molecular formula is C13H19ClO2. The summed E-state index contributed by atoms with van der Waals surface area (Å²) in [5, 5.41) is 0.781. The van der Waals surface area contributed by atoms with Crippen LogP contribution in [0.3, 0.4) is 0 Å². The van der Waals surface area contributed by atoms with Gasteiger partial charge in [0.15, 0.2) is 0 Å². The minimum atomic E-state index is 0.552. The first-order valence-corrected chi connectivity index (χ1v) is 5.91. The molecule has 1 rings (SSSR count). The van der Waals surface area contributed by atoms with Crippen LogP contribution in [0.25, 0.3) is 0 Å². The maximum absolute atomic E-state index is 6.18. The van der Waals surface area contributed by atoms with Crippen molar-refractivity contribution >= 4 is 11.6 Å². The van der Waals surface area contributed by atoms with Gasteiger partial charge in [-0.1, -0.05) is 31.5 Å². The number of methoxy groups -OCH3 is 1. The molecule has 0 radical (unpaired) electrons. The Morgan fingerprint density at radius 3 is 2.56 bits per heavy atom. The van der Waals surface area contributed by atoms with Gasteiger partial charge >= 0.3 is 0 Å². The normalized spacial score (nSPS) is 10.8. The maximum Gasteiger partial charge on any atom is 0.120 e. The quantitative estimate of drug-likeness (QED) is 0.710. The molecule has 90 valence electrons. The summed E-state index contributed by atoms with van der Waals surface area (Å²) in [6, 6.07) is 5.86. The number of hydrogen-bond acceptors (Lipinski definition) is 2. The summed E-state index contributed by atoms with van der Waals surface area (Å²) in [5.41, 5.74) is 1.18. The zero-order valence-corrected chi connectivity index (χ0v) is 10.9. The van der Waals surface area contributed by atoms with Gasteiger partial charge in [-0.2, -0.15) is 0 Å². The van der Waals surface area contributed by atoms with Gasteiger partial charge in [0.25, 0.3) is 0 Å². The van der Waals surface area contributed by atoms with Gasteiger partial charge < -0.3 is 9.47 Å². The summed E-state index contributed by atoms with van der Waals surface area (Å²) in [4.78, 5) is 0. The van der Waals surface area contributed by atoms with Gasteiger partial charge in [0.1, 0.15) is 12.4 Å². The van der Waals surface area contributed by atoms with Gasteiger partial charge in [-0.25, -0.2) is 0 Å². The molecule has 3 heteroatoms. The van der Waals surface area contributed by atoms with Crippen molar-refractivity contribution in [3.05, 3.63) is 28.8 Å². The van der Waals surface area contributed by atoms with Crippen LogP contribution in [0.15, 0.2) is 18.2 Å². The van der Waals surface area contributed by atoms with Crippen molar-refractivity contribution in [2.45, 2.75) is 20.3 Å². The molecule has 0 aliphatic rings. The molecule has 0 aliphatic heterocycles. The van der Waals surface area contributed by atoms with Crippen molar-refractivity contribution in [1.82, 2.24) is 0 Å². The molecule has 0 amide bonds. The topological polar surface area (TPSA) is 18.5 Å². The maximum atomic E-state index is 6.18. The van der Waals surface area contributed by atoms with Crippen molar-refractivity contribution in [2.75, 3.05) is 20.3 Å². The molecule has 1 aromatic carbocycles. The van der Waals surface area contributed by atoms with E-state index in [0.717, 1.165) is 17.2 Å². The highest BCUT2D eigenvalue weighted by molar-refractivity contribution is 6.31. The van der Waals surface area contributed by atoms with Crippen LogP contribution in [-0.2, 0) is 11.2 Å². The number of hydrogen-bond donors (Lipinski definition) is 0. The molecule has 0 atom stereocenters. The third kappa shape index (κ3) is 4.42. The highest BCUT2D eigenvalue weighted by Gasteiger charge is 2.04. The molecule has 0 aromatic heterocycles. The van der Waals surface area contributed by atoms with E-state index < -0.39 is 0 Å². The van der Waals surface area contributed by atoms with Gasteiger partial charge in [0.05, 0.1) is 6.61 Å². The van der Waals surface area contributed by atoms with Crippen LogP contribution in [0.1, 0.15) is 19.4 Å². The van der Waals surface area contributed by atoms with Crippen LogP contribution in [0.5, 0.6) is 5.75 Å². The fraction of sp³-hybridized carbons (Fsp3) is 0.538. The molecule has 0 heterocycles. The SMILES string of the molecule is COCCOc1ccc(CC(C)C)c(Cl)c1. The lowest BCUT2D eigenvalue weighted by atomic mass is 10.0. The lowest BCUT2D eigenvalue weighted by Crippen LogP contribution is -2.04. The second-order valence-corrected chi connectivity index (χ2v) is 4.60. The molecule has 16 heavy (non-hydrogen) atoms. The number of ether oxygens (including phenoxy) is 2. The fourth-order valence-electron chi connectivity index (χ4n) is 1.47. The number of benzene rings is 1. The lowest BCUT2D eigenvalue weighted by molar-refractivity contribution is 0.146. The van der Waals surface area contributed by atoms with E-state index in [-0.39, 0.29) is 0 Å². The summed E-state index contributed by atoms with van der Waals surface area (Å²) in [7, 11) is 1.65. The summed E-state index contributed by atoms with van der Waals surface area (Å²) >= 11 is 6.18. The van der Waals surface area contributed by atoms with Gasteiger partial charge in [0.2, 0.25) is 0 Å². The molecule has 0 saturated carbocycles. The Morgan fingerprint density at radius 2 is 2.00 bits per heavy atom. The van der Waals surface area contributed by atoms with Gasteiger partial charge in [-0.3, -0.25) is 0 Å². The summed E-state index contributed by atoms with van der Waals surface area (Å²) < 4.78 is 10.4. The van der Waals surface area contributed by atoms with Gasteiger partial charge in [0, 0.05) is 12.1 Å². The summed E-state index contributed by atoms with van der Waals surface area (Å²) in [5.74, 6) is 1.41. The van der Waals surface area contributed by atoms with Crippen LogP contribution >= 0.6 is 11.6 Å². The van der Waals surface area contributed by atoms with Crippen molar-refractivity contribution in [3.63, 3.8) is 0 Å². The molecule has 2 nitrogen and oxygen atoms in total. The van der Waals surface area contributed by atoms with Crippen molar-refractivity contribution in [1.29, 1.82) is 0 Å². The van der Waals surface area contributed by atoms with E-state index in [9.17, 15) is 0 Å². The predicted octanol–water partition coefficient (Wildman–Crippen LogP) is 3.56. The largest absolute Gasteiger partial charge is 0.491 e. The van der Waals surface area contributed by atoms with Crippen molar-refractivity contribution < 1.29 is 9.47 Å². The van der Waals surface area contributed by atoms with Crippen LogP contribution in [-0.4, -0.2) is 20.3 Å². The van der Waals surface area contributed by atoms with Crippen molar-refractivity contribution in [2.24, 2.45) is 5.92 Å². The first-order chi connectivity index (χ1) is 7.63. The van der Waals surface area contributed by atoms with E-state index in [1.54, 1.807) is 7.11 Å². The Bertz CT molecular complexity index is 324. The molecule has 0 bridgehead atoms. The minimum Gasteiger partial charge on any atom is -0.491 e. The Kier molecular flexibility index (Phi) is 5.64. The van der Waals surface area contributed by atoms with Crippen LogP contribution < -0.4 is 4.74 Å². The molecule has 0 unspecified atom stereocenters. The van der Waals surface area contributed by atoms with E-state index >= 15 is 0 Å². The second kappa shape index (κ2) is 6.77. The van der Waals surface area contributed by atoms with Gasteiger partial charge in [-0.05, 0) is 30.0 Å². The van der Waals surface area contributed by atoms with E-state index in [0.29, 0.717) is 19.1 Å². The molecule has 0 fully saturated rings. The van der Waals surface area contributed by atoms with E-state index in [2.05, 4.69) is 13.8 Å². The highest BCUT2D eigenvalue weighted by Crippen LogP contribution is 2.24. The number of rotatable bonds is 6. The van der Waals surface area contributed by atoms with Gasteiger partial charge in [-0.15, -0.1) is 0 Å². The molecule has 0 aliphatic carbocycles. The zero-order chi connectivity index (χ0) is 12.0. The standard InChI is InChI=1S/C13H19ClO2/c1-10(2)8-11-4-5-12(9-13(11)14)16-7-6-15-3/h4-5,9-10H,6-8H2,1-3H3. The monoisotopic (exact) mass is 242 g/mol. The van der Waals surface area contributed by atoms with E-state index in [4.69, 9.17) is 21.1 Å². The van der Waals surface area contributed by atoms with E-state index in [1.807, 2.05) is 18.2 Å². The average molecular weight is 243 g/mol. The fourth-order valence-corrected chi connectivity index (χ4v) is 1.71. The summed E-state index contributed by atoms with van der Waals surface area (Å²) in [6.07, 6.45) is 0.997. The average Bonchev–Trinajstić information content (AvgIpc) is 2.22. The summed E-state index contributed by atoms with van der Waals surface area (Å²) in [6.45, 7) is 5.50. The zero-order valence-electron chi connectivity index (χ0n) is 10.1. The second-order valence-electron chi connectivity index (χ2n) is 4.19. The predicted molar refractivity (Wildman–Crippen MR) is 67.4 cm³/mol. The molecule has 1 aromatic rings. The first kappa shape index (κ1) is 13.3. The Balaban J connectivity index is 2.60. The van der Waals surface area contributed by atoms with Crippen LogP contribution in [0.4, 0.5) is 0 Å². The first-order valence-electron chi connectivity index (χ1n) is 5.53. The third-order valence-electron chi connectivity index (χ3n) is 2.21. The number of halogens is 1. The van der Waals surface area contributed by atoms with Crippen LogP contribution in [0.2, 0.25) is 5.02 Å². The molecule has 0 saturated heterocycles. The Labute approximate surface area is 103 Å².